The summed E-state index contributed by atoms with van der Waals surface area (Å²) in [5.41, 5.74) is 0. The normalized spacial score (nSPS) is 42.1. The van der Waals surface area contributed by atoms with Crippen molar-refractivity contribution < 1.29 is 18.7 Å². The van der Waals surface area contributed by atoms with E-state index >= 15 is 0 Å². The predicted octanol–water partition coefficient (Wildman–Crippen LogP) is 1.23. The van der Waals surface area contributed by atoms with Gasteiger partial charge in [-0.1, -0.05) is 0 Å². The number of carbonyl (C=O) groups excluding carboxylic acids is 1. The Morgan fingerprint density at radius 2 is 2.33 bits per heavy atom. The Morgan fingerprint density at radius 1 is 1.78 bits per heavy atom. The summed E-state index contributed by atoms with van der Waals surface area (Å²) < 4.78 is 21.2. The highest BCUT2D eigenvalue weighted by Crippen LogP contribution is 2.27. The Hall–Kier alpha value is -0.800. The molecular formula is C5H7FO3. The Balaban J connectivity index is 2.69. The first kappa shape index (κ1) is 6.32. The molecule has 1 fully saturated rings. The third-order valence-corrected chi connectivity index (χ3v) is 1.28. The number of rotatable bonds is 0. The van der Waals surface area contributed by atoms with Gasteiger partial charge in [-0.15, -0.1) is 0 Å². The van der Waals surface area contributed by atoms with Crippen LogP contribution in [0, 0.1) is 0 Å². The minimum Gasteiger partial charge on any atom is -0.424 e. The van der Waals surface area contributed by atoms with Gasteiger partial charge in [-0.05, 0) is 6.92 Å². The van der Waals surface area contributed by atoms with E-state index in [9.17, 15) is 9.18 Å². The fourth-order valence-corrected chi connectivity index (χ4v) is 0.520. The second-order valence-corrected chi connectivity index (χ2v) is 2.10. The zero-order valence-corrected chi connectivity index (χ0v) is 5.18. The monoisotopic (exact) mass is 134 g/mol. The number of hydrogen-bond donors (Lipinski definition) is 0. The first-order valence-corrected chi connectivity index (χ1v) is 2.61. The molecule has 3 nitrogen and oxygen atoms in total. The van der Waals surface area contributed by atoms with Gasteiger partial charge in [0.2, 0.25) is 0 Å². The molecule has 4 heteroatoms. The molecule has 0 aromatic heterocycles. The first-order chi connectivity index (χ1) is 4.02. The summed E-state index contributed by atoms with van der Waals surface area (Å²) in [6.07, 6.45) is -1.74. The molecule has 9 heavy (non-hydrogen) atoms. The van der Waals surface area contributed by atoms with Crippen molar-refractivity contribution in [3.05, 3.63) is 0 Å². The molecule has 0 spiro atoms. The fraction of sp³-hybridized carbons (Fsp3) is 0.800. The second-order valence-electron chi connectivity index (χ2n) is 2.10. The third-order valence-electron chi connectivity index (χ3n) is 1.28. The Labute approximate surface area is 51.7 Å². The quantitative estimate of drug-likeness (QED) is 0.467. The maximum Gasteiger partial charge on any atom is 0.511 e. The number of cyclic esters (lactones) is 2. The number of hydrogen-bond acceptors (Lipinski definition) is 3. The molecule has 0 aromatic rings. The molecule has 52 valence electrons. The molecule has 2 atom stereocenters. The molecule has 1 aliphatic rings. The number of carbonyl (C=O) groups is 1. The van der Waals surface area contributed by atoms with Crippen LogP contribution in [0.4, 0.5) is 9.18 Å². The number of alkyl halides is 1. The zero-order chi connectivity index (χ0) is 7.07. The van der Waals surface area contributed by atoms with Crippen LogP contribution in [0.15, 0.2) is 0 Å². The van der Waals surface area contributed by atoms with Crippen LogP contribution >= 0.6 is 0 Å². The topological polar surface area (TPSA) is 35.5 Å². The van der Waals surface area contributed by atoms with Gasteiger partial charge >= 0.3 is 6.16 Å². The van der Waals surface area contributed by atoms with Crippen molar-refractivity contribution in [1.29, 1.82) is 0 Å². The van der Waals surface area contributed by atoms with E-state index in [0.717, 1.165) is 6.92 Å². The average molecular weight is 134 g/mol. The van der Waals surface area contributed by atoms with Crippen LogP contribution in [0.5, 0.6) is 0 Å². The Kier molecular flexibility index (Phi) is 1.12. The first-order valence-electron chi connectivity index (χ1n) is 2.61. The van der Waals surface area contributed by atoms with Crippen LogP contribution < -0.4 is 0 Å². The van der Waals surface area contributed by atoms with Gasteiger partial charge in [0.25, 0.3) is 5.85 Å². The third kappa shape index (κ3) is 0.966. The van der Waals surface area contributed by atoms with E-state index in [0.29, 0.717) is 0 Å². The second kappa shape index (κ2) is 1.59. The average Bonchev–Trinajstić information content (AvgIpc) is 1.79. The Morgan fingerprint density at radius 3 is 2.44 bits per heavy atom. The highest BCUT2D eigenvalue weighted by Gasteiger charge is 2.45. The molecule has 0 N–H and O–H groups in total. The highest BCUT2D eigenvalue weighted by molar-refractivity contribution is 5.62. The maximum absolute atomic E-state index is 12.7. The molecule has 0 aliphatic carbocycles. The van der Waals surface area contributed by atoms with Gasteiger partial charge in [0.05, 0.1) is 0 Å². The predicted molar refractivity (Wildman–Crippen MR) is 26.5 cm³/mol. The van der Waals surface area contributed by atoms with Crippen molar-refractivity contribution >= 4 is 6.16 Å². The molecule has 2 unspecified atom stereocenters. The van der Waals surface area contributed by atoms with Crippen molar-refractivity contribution in [2.75, 3.05) is 0 Å². The van der Waals surface area contributed by atoms with Gasteiger partial charge in [0, 0.05) is 6.92 Å². The summed E-state index contributed by atoms with van der Waals surface area (Å²) in [5, 5.41) is 0. The van der Waals surface area contributed by atoms with Crippen molar-refractivity contribution in [2.45, 2.75) is 25.8 Å². The van der Waals surface area contributed by atoms with Crippen LogP contribution in [0.25, 0.3) is 0 Å². The summed E-state index contributed by atoms with van der Waals surface area (Å²) in [6.45, 7) is 2.59. The molecule has 1 rings (SSSR count). The molecule has 1 saturated heterocycles. The summed E-state index contributed by atoms with van der Waals surface area (Å²) in [4.78, 5) is 10.2. The van der Waals surface area contributed by atoms with Gasteiger partial charge in [0.1, 0.15) is 0 Å². The van der Waals surface area contributed by atoms with Gasteiger partial charge in [-0.2, -0.15) is 4.39 Å². The van der Waals surface area contributed by atoms with E-state index in [4.69, 9.17) is 0 Å². The molecule has 0 saturated carbocycles. The fourth-order valence-electron chi connectivity index (χ4n) is 0.520. The molecular weight excluding hydrogens is 127 g/mol. The lowest BCUT2D eigenvalue weighted by Crippen LogP contribution is -2.28. The summed E-state index contributed by atoms with van der Waals surface area (Å²) in [7, 11) is 0. The SMILES string of the molecule is CC1OC(=O)OC1(C)F. The molecule has 1 heterocycles. The van der Waals surface area contributed by atoms with Crippen molar-refractivity contribution in [3.8, 4) is 0 Å². The molecule has 0 aromatic carbocycles. The minimum absolute atomic E-state index is 0.801. The zero-order valence-electron chi connectivity index (χ0n) is 5.18. The van der Waals surface area contributed by atoms with Gasteiger partial charge < -0.3 is 9.47 Å². The smallest absolute Gasteiger partial charge is 0.424 e. The van der Waals surface area contributed by atoms with E-state index in [1.54, 1.807) is 0 Å². The van der Waals surface area contributed by atoms with E-state index in [1.807, 2.05) is 0 Å². The minimum atomic E-state index is -1.95. The lowest BCUT2D eigenvalue weighted by molar-refractivity contribution is -0.0691. The van der Waals surface area contributed by atoms with Crippen LogP contribution in [0.1, 0.15) is 13.8 Å². The van der Waals surface area contributed by atoms with Gasteiger partial charge in [-0.3, -0.25) is 0 Å². The number of halogens is 1. The van der Waals surface area contributed by atoms with Crippen LogP contribution in [0.3, 0.4) is 0 Å². The van der Waals surface area contributed by atoms with E-state index in [2.05, 4.69) is 9.47 Å². The maximum atomic E-state index is 12.7. The van der Waals surface area contributed by atoms with Crippen molar-refractivity contribution in [2.24, 2.45) is 0 Å². The molecule has 0 radical (unpaired) electrons. The standard InChI is InChI=1S/C5H7FO3/c1-3-5(2,6)9-4(7)8-3/h3H,1-2H3. The molecule has 0 bridgehead atoms. The van der Waals surface area contributed by atoms with E-state index < -0.39 is 18.1 Å². The Bertz CT molecular complexity index is 143. The lowest BCUT2D eigenvalue weighted by Gasteiger charge is -2.11. The van der Waals surface area contributed by atoms with E-state index in [1.165, 1.54) is 6.92 Å². The van der Waals surface area contributed by atoms with Gasteiger partial charge in [-0.25, -0.2) is 4.79 Å². The van der Waals surface area contributed by atoms with Gasteiger partial charge in [0.15, 0.2) is 6.10 Å². The summed E-state index contributed by atoms with van der Waals surface area (Å²) in [6, 6.07) is 0. The lowest BCUT2D eigenvalue weighted by atomic mass is 10.2. The van der Waals surface area contributed by atoms with Crippen molar-refractivity contribution in [3.63, 3.8) is 0 Å². The summed E-state index contributed by atoms with van der Waals surface area (Å²) in [5.74, 6) is -1.95. The molecule has 0 amide bonds. The van der Waals surface area contributed by atoms with Crippen LogP contribution in [-0.2, 0) is 9.47 Å². The van der Waals surface area contributed by atoms with Crippen molar-refractivity contribution in [1.82, 2.24) is 0 Å². The van der Waals surface area contributed by atoms with Crippen LogP contribution in [-0.4, -0.2) is 18.1 Å². The van der Waals surface area contributed by atoms with Crippen LogP contribution in [0.2, 0.25) is 0 Å². The molecule has 1 aliphatic heterocycles. The highest BCUT2D eigenvalue weighted by atomic mass is 19.2. The summed E-state index contributed by atoms with van der Waals surface area (Å²) >= 11 is 0. The van der Waals surface area contributed by atoms with E-state index in [-0.39, 0.29) is 0 Å². The number of ether oxygens (including phenoxy) is 2. The largest absolute Gasteiger partial charge is 0.511 e.